The van der Waals surface area contributed by atoms with Gasteiger partial charge in [0.25, 0.3) is 0 Å². The van der Waals surface area contributed by atoms with Gasteiger partial charge in [-0.2, -0.15) is 11.8 Å². The number of rotatable bonds is 8. The third-order valence-electron chi connectivity index (χ3n) is 1.47. The number of thioether (sulfide) groups is 1. The van der Waals surface area contributed by atoms with E-state index < -0.39 is 0 Å². The number of nitrogens with one attached hydrogen (secondary N) is 1. The van der Waals surface area contributed by atoms with Crippen molar-refractivity contribution in [1.82, 2.24) is 5.32 Å². The molecule has 0 aromatic rings. The molecule has 2 nitrogen and oxygen atoms in total. The van der Waals surface area contributed by atoms with Crippen LogP contribution in [0.4, 0.5) is 0 Å². The molecule has 0 aliphatic carbocycles. The quantitative estimate of drug-likeness (QED) is 0.570. The van der Waals surface area contributed by atoms with E-state index in [0.717, 1.165) is 31.0 Å². The Bertz CT molecular complexity index is 80.6. The van der Waals surface area contributed by atoms with E-state index in [9.17, 15) is 5.11 Å². The maximum atomic E-state index is 9.42. The molecule has 0 spiro atoms. The van der Waals surface area contributed by atoms with Gasteiger partial charge >= 0.3 is 0 Å². The van der Waals surface area contributed by atoms with Crippen LogP contribution in [0.1, 0.15) is 26.7 Å². The van der Waals surface area contributed by atoms with Crippen molar-refractivity contribution in [1.29, 1.82) is 0 Å². The Morgan fingerprint density at radius 1 is 1.33 bits per heavy atom. The molecule has 0 aliphatic heterocycles. The van der Waals surface area contributed by atoms with Crippen molar-refractivity contribution in [2.24, 2.45) is 0 Å². The molecule has 0 saturated heterocycles. The van der Waals surface area contributed by atoms with Crippen LogP contribution in [-0.2, 0) is 0 Å². The van der Waals surface area contributed by atoms with Crippen molar-refractivity contribution < 1.29 is 5.11 Å². The summed E-state index contributed by atoms with van der Waals surface area (Å²) >= 11 is 1.83. The van der Waals surface area contributed by atoms with Gasteiger partial charge in [0, 0.05) is 12.3 Å². The lowest BCUT2D eigenvalue weighted by Crippen LogP contribution is -2.29. The van der Waals surface area contributed by atoms with Crippen LogP contribution in [0.5, 0.6) is 0 Å². The van der Waals surface area contributed by atoms with E-state index in [1.54, 1.807) is 0 Å². The molecule has 0 aliphatic rings. The average molecular weight is 191 g/mol. The van der Waals surface area contributed by atoms with E-state index in [0.29, 0.717) is 0 Å². The lowest BCUT2D eigenvalue weighted by molar-refractivity contribution is 0.196. The Labute approximate surface area is 80.1 Å². The number of aliphatic hydroxyl groups excluding tert-OH is 1. The first-order valence-corrected chi connectivity index (χ1v) is 5.93. The molecular weight excluding hydrogens is 170 g/mol. The first-order chi connectivity index (χ1) is 5.81. The van der Waals surface area contributed by atoms with Crippen molar-refractivity contribution in [2.45, 2.75) is 32.8 Å². The first-order valence-electron chi connectivity index (χ1n) is 4.77. The SMILES string of the molecule is CCCNCC(O)CSCCC. The van der Waals surface area contributed by atoms with Crippen LogP contribution >= 0.6 is 11.8 Å². The topological polar surface area (TPSA) is 32.3 Å². The second-order valence-corrected chi connectivity index (χ2v) is 4.08. The summed E-state index contributed by atoms with van der Waals surface area (Å²) in [6.45, 7) is 6.04. The molecular formula is C9H21NOS. The third kappa shape index (κ3) is 8.37. The van der Waals surface area contributed by atoms with Gasteiger partial charge in [-0.15, -0.1) is 0 Å². The standard InChI is InChI=1S/C9H21NOS/c1-3-5-10-7-9(11)8-12-6-4-2/h9-11H,3-8H2,1-2H3. The van der Waals surface area contributed by atoms with E-state index in [4.69, 9.17) is 0 Å². The molecule has 0 fully saturated rings. The fourth-order valence-corrected chi connectivity index (χ4v) is 1.71. The van der Waals surface area contributed by atoms with Crippen molar-refractivity contribution in [2.75, 3.05) is 24.6 Å². The van der Waals surface area contributed by atoms with Gasteiger partial charge in [-0.25, -0.2) is 0 Å². The largest absolute Gasteiger partial charge is 0.391 e. The zero-order valence-corrected chi connectivity index (χ0v) is 8.99. The Kier molecular flexibility index (Phi) is 9.57. The molecule has 3 heteroatoms. The number of hydrogen-bond acceptors (Lipinski definition) is 3. The van der Waals surface area contributed by atoms with Crippen LogP contribution in [-0.4, -0.2) is 35.8 Å². The third-order valence-corrected chi connectivity index (χ3v) is 2.78. The monoisotopic (exact) mass is 191 g/mol. The summed E-state index contributed by atoms with van der Waals surface area (Å²) in [5.74, 6) is 2.02. The van der Waals surface area contributed by atoms with Crippen LogP contribution in [0, 0.1) is 0 Å². The maximum absolute atomic E-state index is 9.42. The van der Waals surface area contributed by atoms with Crippen LogP contribution in [0.3, 0.4) is 0 Å². The molecule has 1 unspecified atom stereocenters. The summed E-state index contributed by atoms with van der Waals surface area (Å²) in [7, 11) is 0. The van der Waals surface area contributed by atoms with Gasteiger partial charge in [-0.1, -0.05) is 13.8 Å². The van der Waals surface area contributed by atoms with Gasteiger partial charge in [0.2, 0.25) is 0 Å². The highest BCUT2D eigenvalue weighted by Crippen LogP contribution is 2.03. The van der Waals surface area contributed by atoms with E-state index in [1.165, 1.54) is 6.42 Å². The van der Waals surface area contributed by atoms with Crippen LogP contribution in [0.15, 0.2) is 0 Å². The molecule has 0 rings (SSSR count). The van der Waals surface area contributed by atoms with Crippen LogP contribution < -0.4 is 5.32 Å². The van der Waals surface area contributed by atoms with Crippen molar-refractivity contribution in [3.8, 4) is 0 Å². The zero-order valence-electron chi connectivity index (χ0n) is 8.18. The molecule has 0 radical (unpaired) electrons. The molecule has 2 N–H and O–H groups in total. The van der Waals surface area contributed by atoms with Crippen molar-refractivity contribution >= 4 is 11.8 Å². The van der Waals surface area contributed by atoms with E-state index >= 15 is 0 Å². The summed E-state index contributed by atoms with van der Waals surface area (Å²) in [4.78, 5) is 0. The van der Waals surface area contributed by atoms with Gasteiger partial charge < -0.3 is 10.4 Å². The van der Waals surface area contributed by atoms with Gasteiger partial charge in [0.05, 0.1) is 6.10 Å². The van der Waals surface area contributed by atoms with E-state index in [1.807, 2.05) is 11.8 Å². The Balaban J connectivity index is 3.04. The molecule has 0 bridgehead atoms. The molecule has 0 heterocycles. The second kappa shape index (κ2) is 9.36. The zero-order chi connectivity index (χ0) is 9.23. The highest BCUT2D eigenvalue weighted by atomic mass is 32.2. The van der Waals surface area contributed by atoms with Crippen LogP contribution in [0.2, 0.25) is 0 Å². The lowest BCUT2D eigenvalue weighted by atomic mass is 10.4. The van der Waals surface area contributed by atoms with Crippen LogP contribution in [0.25, 0.3) is 0 Å². The highest BCUT2D eigenvalue weighted by Gasteiger charge is 2.01. The minimum absolute atomic E-state index is 0.173. The van der Waals surface area contributed by atoms with E-state index in [-0.39, 0.29) is 6.10 Å². The summed E-state index contributed by atoms with van der Waals surface area (Å²) < 4.78 is 0. The predicted octanol–water partition coefficient (Wildman–Crippen LogP) is 1.49. The van der Waals surface area contributed by atoms with Crippen molar-refractivity contribution in [3.05, 3.63) is 0 Å². The normalized spacial score (nSPS) is 13.2. The molecule has 74 valence electrons. The lowest BCUT2D eigenvalue weighted by Gasteiger charge is -2.10. The Morgan fingerprint density at radius 3 is 2.67 bits per heavy atom. The second-order valence-electron chi connectivity index (χ2n) is 2.93. The maximum Gasteiger partial charge on any atom is 0.0754 e. The minimum atomic E-state index is -0.173. The highest BCUT2D eigenvalue weighted by molar-refractivity contribution is 7.99. The molecule has 0 aromatic carbocycles. The summed E-state index contributed by atoms with van der Waals surface area (Å²) in [6, 6.07) is 0. The van der Waals surface area contributed by atoms with Gasteiger partial charge in [0.15, 0.2) is 0 Å². The smallest absolute Gasteiger partial charge is 0.0754 e. The van der Waals surface area contributed by atoms with Gasteiger partial charge in [-0.05, 0) is 25.1 Å². The summed E-state index contributed by atoms with van der Waals surface area (Å²) in [5.41, 5.74) is 0. The molecule has 12 heavy (non-hydrogen) atoms. The average Bonchev–Trinajstić information content (AvgIpc) is 2.06. The Hall–Kier alpha value is 0.270. The fraction of sp³-hybridized carbons (Fsp3) is 1.00. The molecule has 1 atom stereocenters. The molecule has 0 saturated carbocycles. The minimum Gasteiger partial charge on any atom is -0.391 e. The number of aliphatic hydroxyl groups is 1. The van der Waals surface area contributed by atoms with Crippen molar-refractivity contribution in [3.63, 3.8) is 0 Å². The first kappa shape index (κ1) is 12.3. The molecule has 0 amide bonds. The summed E-state index contributed by atoms with van der Waals surface area (Å²) in [6.07, 6.45) is 2.15. The fourth-order valence-electron chi connectivity index (χ4n) is 0.868. The van der Waals surface area contributed by atoms with Gasteiger partial charge in [0.1, 0.15) is 0 Å². The summed E-state index contributed by atoms with van der Waals surface area (Å²) in [5, 5.41) is 12.6. The van der Waals surface area contributed by atoms with E-state index in [2.05, 4.69) is 19.2 Å². The van der Waals surface area contributed by atoms with Gasteiger partial charge in [-0.3, -0.25) is 0 Å². The molecule has 0 aromatic heterocycles. The number of hydrogen-bond donors (Lipinski definition) is 2. The Morgan fingerprint density at radius 2 is 2.08 bits per heavy atom. The predicted molar refractivity (Wildman–Crippen MR) is 56.8 cm³/mol.